The fourth-order valence-corrected chi connectivity index (χ4v) is 2.35. The smallest absolute Gasteiger partial charge is 0.146 e. The predicted molar refractivity (Wildman–Crippen MR) is 80.7 cm³/mol. The Bertz CT molecular complexity index is 784. The summed E-state index contributed by atoms with van der Waals surface area (Å²) in [5, 5.41) is 0. The number of hydrogen-bond donors (Lipinski definition) is 1. The maximum absolute atomic E-state index is 5.74. The quantitative estimate of drug-likeness (QED) is 0.773. The van der Waals surface area contributed by atoms with Crippen LogP contribution in [0.4, 0.5) is 5.82 Å². The SMILES string of the molecule is COc1ccc(-c2ccccc2C)c2ncc(N)nc12. The Kier molecular flexibility index (Phi) is 2.99. The van der Waals surface area contributed by atoms with Crippen molar-refractivity contribution in [3.8, 4) is 16.9 Å². The zero-order chi connectivity index (χ0) is 14.1. The van der Waals surface area contributed by atoms with Crippen LogP contribution in [-0.4, -0.2) is 17.1 Å². The summed E-state index contributed by atoms with van der Waals surface area (Å²) in [5.41, 5.74) is 10.6. The van der Waals surface area contributed by atoms with Crippen LogP contribution in [0.15, 0.2) is 42.6 Å². The summed E-state index contributed by atoms with van der Waals surface area (Å²) in [6, 6.07) is 12.1. The Hall–Kier alpha value is -2.62. The maximum atomic E-state index is 5.74. The van der Waals surface area contributed by atoms with Crippen molar-refractivity contribution in [2.75, 3.05) is 12.8 Å². The van der Waals surface area contributed by atoms with Crippen molar-refractivity contribution in [3.05, 3.63) is 48.2 Å². The Labute approximate surface area is 117 Å². The molecule has 100 valence electrons. The van der Waals surface area contributed by atoms with Crippen molar-refractivity contribution in [2.24, 2.45) is 0 Å². The summed E-state index contributed by atoms with van der Waals surface area (Å²) in [6.45, 7) is 2.08. The van der Waals surface area contributed by atoms with Gasteiger partial charge in [0.1, 0.15) is 22.6 Å². The number of aromatic nitrogens is 2. The van der Waals surface area contributed by atoms with Crippen LogP contribution in [0.5, 0.6) is 5.75 Å². The molecular weight excluding hydrogens is 250 g/mol. The van der Waals surface area contributed by atoms with E-state index in [-0.39, 0.29) is 0 Å². The van der Waals surface area contributed by atoms with E-state index in [9.17, 15) is 0 Å². The van der Waals surface area contributed by atoms with E-state index in [0.717, 1.165) is 16.6 Å². The summed E-state index contributed by atoms with van der Waals surface area (Å²) in [6.07, 6.45) is 1.57. The molecule has 1 aromatic heterocycles. The topological polar surface area (TPSA) is 61.0 Å². The van der Waals surface area contributed by atoms with Gasteiger partial charge in [0.15, 0.2) is 0 Å². The first-order valence-electron chi connectivity index (χ1n) is 6.36. The van der Waals surface area contributed by atoms with Crippen molar-refractivity contribution in [3.63, 3.8) is 0 Å². The van der Waals surface area contributed by atoms with Crippen LogP contribution in [0.25, 0.3) is 22.2 Å². The number of hydrogen-bond acceptors (Lipinski definition) is 4. The van der Waals surface area contributed by atoms with Crippen LogP contribution in [0.2, 0.25) is 0 Å². The van der Waals surface area contributed by atoms with Gasteiger partial charge in [-0.05, 0) is 30.2 Å². The number of benzene rings is 2. The first-order chi connectivity index (χ1) is 9.70. The number of nitrogens with two attached hydrogens (primary N) is 1. The van der Waals surface area contributed by atoms with Gasteiger partial charge in [0, 0.05) is 5.56 Å². The molecule has 0 bridgehead atoms. The fraction of sp³-hybridized carbons (Fsp3) is 0.125. The number of methoxy groups -OCH3 is 1. The van der Waals surface area contributed by atoms with Crippen molar-refractivity contribution in [1.29, 1.82) is 0 Å². The molecule has 2 aromatic carbocycles. The average molecular weight is 265 g/mol. The molecule has 0 fully saturated rings. The molecule has 0 spiro atoms. The number of nitrogens with zero attached hydrogens (tertiary/aromatic N) is 2. The predicted octanol–water partition coefficient (Wildman–Crippen LogP) is 3.20. The number of aryl methyl sites for hydroxylation is 1. The second-order valence-electron chi connectivity index (χ2n) is 4.62. The number of rotatable bonds is 2. The highest BCUT2D eigenvalue weighted by Crippen LogP contribution is 2.33. The highest BCUT2D eigenvalue weighted by Gasteiger charge is 2.12. The lowest BCUT2D eigenvalue weighted by molar-refractivity contribution is 0.419. The number of fused-ring (bicyclic) bond motifs is 1. The molecule has 0 radical (unpaired) electrons. The Morgan fingerprint density at radius 3 is 2.55 bits per heavy atom. The van der Waals surface area contributed by atoms with Gasteiger partial charge in [0.2, 0.25) is 0 Å². The van der Waals surface area contributed by atoms with Gasteiger partial charge in [-0.2, -0.15) is 0 Å². The molecule has 0 saturated heterocycles. The van der Waals surface area contributed by atoms with Crippen LogP contribution in [-0.2, 0) is 0 Å². The summed E-state index contributed by atoms with van der Waals surface area (Å²) >= 11 is 0. The second-order valence-corrected chi connectivity index (χ2v) is 4.62. The third-order valence-electron chi connectivity index (χ3n) is 3.34. The molecule has 3 aromatic rings. The Balaban J connectivity index is 2.36. The summed E-state index contributed by atoms with van der Waals surface area (Å²) < 4.78 is 5.35. The van der Waals surface area contributed by atoms with Crippen LogP contribution in [0, 0.1) is 6.92 Å². The normalized spacial score (nSPS) is 10.7. The standard InChI is InChI=1S/C16H15N3O/c1-10-5-3-4-6-11(10)12-7-8-13(20-2)16-15(12)18-9-14(17)19-16/h3-9H,1-2H3,(H2,17,19). The molecule has 0 atom stereocenters. The fourth-order valence-electron chi connectivity index (χ4n) is 2.35. The zero-order valence-corrected chi connectivity index (χ0v) is 11.4. The van der Waals surface area contributed by atoms with Crippen molar-refractivity contribution >= 4 is 16.9 Å². The minimum absolute atomic E-state index is 0.387. The molecule has 4 nitrogen and oxygen atoms in total. The van der Waals surface area contributed by atoms with E-state index in [1.807, 2.05) is 24.3 Å². The number of anilines is 1. The van der Waals surface area contributed by atoms with Crippen molar-refractivity contribution < 1.29 is 4.74 Å². The van der Waals surface area contributed by atoms with Crippen LogP contribution in [0.3, 0.4) is 0 Å². The molecule has 0 unspecified atom stereocenters. The third kappa shape index (κ3) is 1.95. The molecule has 1 heterocycles. The number of ether oxygens (including phenoxy) is 1. The lowest BCUT2D eigenvalue weighted by atomic mass is 9.99. The van der Waals surface area contributed by atoms with E-state index < -0.39 is 0 Å². The van der Waals surface area contributed by atoms with Gasteiger partial charge in [-0.1, -0.05) is 24.3 Å². The first kappa shape index (κ1) is 12.4. The average Bonchev–Trinajstić information content (AvgIpc) is 2.46. The highest BCUT2D eigenvalue weighted by atomic mass is 16.5. The van der Waals surface area contributed by atoms with Gasteiger partial charge in [-0.25, -0.2) is 9.97 Å². The molecule has 0 aliphatic heterocycles. The molecule has 2 N–H and O–H groups in total. The summed E-state index contributed by atoms with van der Waals surface area (Å²) in [7, 11) is 1.62. The minimum Gasteiger partial charge on any atom is -0.494 e. The second kappa shape index (κ2) is 4.81. The van der Waals surface area contributed by atoms with E-state index in [1.165, 1.54) is 5.56 Å². The molecule has 4 heteroatoms. The van der Waals surface area contributed by atoms with Crippen LogP contribution < -0.4 is 10.5 Å². The minimum atomic E-state index is 0.387. The first-order valence-corrected chi connectivity index (χ1v) is 6.36. The maximum Gasteiger partial charge on any atom is 0.146 e. The van der Waals surface area contributed by atoms with E-state index >= 15 is 0 Å². The van der Waals surface area contributed by atoms with Gasteiger partial charge >= 0.3 is 0 Å². The zero-order valence-electron chi connectivity index (χ0n) is 11.4. The molecule has 0 amide bonds. The van der Waals surface area contributed by atoms with E-state index in [0.29, 0.717) is 17.1 Å². The van der Waals surface area contributed by atoms with E-state index in [2.05, 4.69) is 29.0 Å². The monoisotopic (exact) mass is 265 g/mol. The molecular formula is C16H15N3O. The highest BCUT2D eigenvalue weighted by molar-refractivity contribution is 5.96. The summed E-state index contributed by atoms with van der Waals surface area (Å²) in [5.74, 6) is 1.06. The van der Waals surface area contributed by atoms with Crippen molar-refractivity contribution in [1.82, 2.24) is 9.97 Å². The molecule has 0 saturated carbocycles. The Morgan fingerprint density at radius 2 is 1.80 bits per heavy atom. The molecule has 0 aliphatic carbocycles. The molecule has 3 rings (SSSR count). The largest absolute Gasteiger partial charge is 0.494 e. The van der Waals surface area contributed by atoms with Crippen molar-refractivity contribution in [2.45, 2.75) is 6.92 Å². The summed E-state index contributed by atoms with van der Waals surface area (Å²) in [4.78, 5) is 8.79. The van der Waals surface area contributed by atoms with Crippen LogP contribution >= 0.6 is 0 Å². The Morgan fingerprint density at radius 1 is 1.00 bits per heavy atom. The lowest BCUT2D eigenvalue weighted by Gasteiger charge is -2.11. The van der Waals surface area contributed by atoms with Gasteiger partial charge in [-0.15, -0.1) is 0 Å². The van der Waals surface area contributed by atoms with Gasteiger partial charge in [0.25, 0.3) is 0 Å². The van der Waals surface area contributed by atoms with Gasteiger partial charge in [0.05, 0.1) is 13.3 Å². The molecule has 20 heavy (non-hydrogen) atoms. The van der Waals surface area contributed by atoms with Gasteiger partial charge < -0.3 is 10.5 Å². The van der Waals surface area contributed by atoms with Gasteiger partial charge in [-0.3, -0.25) is 0 Å². The van der Waals surface area contributed by atoms with E-state index in [4.69, 9.17) is 10.5 Å². The number of nitrogen functional groups attached to an aromatic ring is 1. The molecule has 0 aliphatic rings. The lowest BCUT2D eigenvalue weighted by Crippen LogP contribution is -1.97. The third-order valence-corrected chi connectivity index (χ3v) is 3.34. The van der Waals surface area contributed by atoms with E-state index in [1.54, 1.807) is 13.3 Å². The van der Waals surface area contributed by atoms with Crippen LogP contribution in [0.1, 0.15) is 5.56 Å².